The molecular weight excluding hydrogens is 186 g/mol. The molecule has 1 aliphatic heterocycles. The first-order valence-corrected chi connectivity index (χ1v) is 4.68. The summed E-state index contributed by atoms with van der Waals surface area (Å²) in [6.45, 7) is 1.17. The molecule has 1 amide bonds. The Balaban J connectivity index is 2.43. The molecule has 5 heteroatoms. The molecule has 14 heavy (non-hydrogen) atoms. The van der Waals surface area contributed by atoms with Gasteiger partial charge in [-0.15, -0.1) is 0 Å². The van der Waals surface area contributed by atoms with Gasteiger partial charge in [0.1, 0.15) is 0 Å². The predicted octanol–water partition coefficient (Wildman–Crippen LogP) is 0.940. The van der Waals surface area contributed by atoms with Crippen LogP contribution in [0.15, 0.2) is 0 Å². The SMILES string of the molecule is COC(=O)N1CCCC(CC(=O)O)C1. The monoisotopic (exact) mass is 201 g/mol. The van der Waals surface area contributed by atoms with Crippen LogP contribution in [-0.2, 0) is 9.53 Å². The van der Waals surface area contributed by atoms with Gasteiger partial charge in [0.05, 0.1) is 7.11 Å². The van der Waals surface area contributed by atoms with E-state index in [1.54, 1.807) is 4.90 Å². The van der Waals surface area contributed by atoms with Gasteiger partial charge >= 0.3 is 12.1 Å². The van der Waals surface area contributed by atoms with Gasteiger partial charge in [-0.25, -0.2) is 4.79 Å². The highest BCUT2D eigenvalue weighted by Gasteiger charge is 2.25. The molecule has 0 radical (unpaired) electrons. The maximum Gasteiger partial charge on any atom is 0.409 e. The zero-order valence-corrected chi connectivity index (χ0v) is 8.23. The van der Waals surface area contributed by atoms with E-state index in [9.17, 15) is 9.59 Å². The van der Waals surface area contributed by atoms with E-state index in [0.29, 0.717) is 13.1 Å². The Morgan fingerprint density at radius 1 is 1.57 bits per heavy atom. The van der Waals surface area contributed by atoms with Crippen LogP contribution in [0.1, 0.15) is 19.3 Å². The Bertz CT molecular complexity index is 229. The first-order valence-electron chi connectivity index (χ1n) is 4.68. The summed E-state index contributed by atoms with van der Waals surface area (Å²) < 4.78 is 4.58. The van der Waals surface area contributed by atoms with Crippen LogP contribution in [-0.4, -0.2) is 42.3 Å². The largest absolute Gasteiger partial charge is 0.481 e. The van der Waals surface area contributed by atoms with Crippen molar-refractivity contribution in [3.05, 3.63) is 0 Å². The number of carbonyl (C=O) groups excluding carboxylic acids is 1. The molecule has 1 fully saturated rings. The van der Waals surface area contributed by atoms with Crippen molar-refractivity contribution in [1.82, 2.24) is 4.90 Å². The molecule has 1 heterocycles. The van der Waals surface area contributed by atoms with Crippen LogP contribution < -0.4 is 0 Å². The molecule has 1 atom stereocenters. The number of hydrogen-bond donors (Lipinski definition) is 1. The van der Waals surface area contributed by atoms with E-state index in [1.165, 1.54) is 7.11 Å². The lowest BCUT2D eigenvalue weighted by molar-refractivity contribution is -0.138. The number of aliphatic carboxylic acids is 1. The second-order valence-electron chi connectivity index (χ2n) is 3.52. The lowest BCUT2D eigenvalue weighted by Gasteiger charge is -2.30. The van der Waals surface area contributed by atoms with Crippen molar-refractivity contribution in [2.45, 2.75) is 19.3 Å². The van der Waals surface area contributed by atoms with E-state index in [0.717, 1.165) is 12.8 Å². The van der Waals surface area contributed by atoms with Crippen molar-refractivity contribution in [2.24, 2.45) is 5.92 Å². The smallest absolute Gasteiger partial charge is 0.409 e. The van der Waals surface area contributed by atoms with E-state index >= 15 is 0 Å². The van der Waals surface area contributed by atoms with Crippen molar-refractivity contribution in [2.75, 3.05) is 20.2 Å². The maximum absolute atomic E-state index is 11.2. The zero-order chi connectivity index (χ0) is 10.6. The molecule has 0 saturated carbocycles. The summed E-state index contributed by atoms with van der Waals surface area (Å²) in [5.74, 6) is -0.734. The van der Waals surface area contributed by atoms with E-state index in [-0.39, 0.29) is 18.4 Å². The lowest BCUT2D eigenvalue weighted by Crippen LogP contribution is -2.40. The third kappa shape index (κ3) is 2.90. The second kappa shape index (κ2) is 4.83. The molecule has 0 aromatic carbocycles. The molecule has 0 bridgehead atoms. The van der Waals surface area contributed by atoms with E-state index < -0.39 is 5.97 Å². The number of carboxylic acid groups (broad SMARTS) is 1. The molecular formula is C9H15NO4. The fraction of sp³-hybridized carbons (Fsp3) is 0.778. The number of nitrogens with zero attached hydrogens (tertiary/aromatic N) is 1. The Morgan fingerprint density at radius 3 is 2.86 bits per heavy atom. The predicted molar refractivity (Wildman–Crippen MR) is 49.0 cm³/mol. The Labute approximate surface area is 82.6 Å². The highest BCUT2D eigenvalue weighted by molar-refractivity contribution is 5.69. The molecule has 1 unspecified atom stereocenters. The van der Waals surface area contributed by atoms with Gasteiger partial charge in [0, 0.05) is 19.5 Å². The summed E-state index contributed by atoms with van der Waals surface area (Å²) in [6, 6.07) is 0. The summed E-state index contributed by atoms with van der Waals surface area (Å²) in [5.41, 5.74) is 0. The Morgan fingerprint density at radius 2 is 2.29 bits per heavy atom. The second-order valence-corrected chi connectivity index (χ2v) is 3.52. The topological polar surface area (TPSA) is 66.8 Å². The van der Waals surface area contributed by atoms with E-state index in [4.69, 9.17) is 5.11 Å². The van der Waals surface area contributed by atoms with Crippen molar-refractivity contribution >= 4 is 12.1 Å². The third-order valence-electron chi connectivity index (χ3n) is 2.42. The number of amides is 1. The maximum atomic E-state index is 11.2. The molecule has 0 aromatic heterocycles. The average molecular weight is 201 g/mol. The number of rotatable bonds is 2. The molecule has 80 valence electrons. The standard InChI is InChI=1S/C9H15NO4/c1-14-9(13)10-4-2-3-7(6-10)5-8(11)12/h7H,2-6H2,1H3,(H,11,12). The van der Waals surface area contributed by atoms with Crippen LogP contribution in [0.4, 0.5) is 4.79 Å². The Hall–Kier alpha value is -1.26. The molecule has 0 spiro atoms. The van der Waals surface area contributed by atoms with Crippen molar-refractivity contribution < 1.29 is 19.4 Å². The van der Waals surface area contributed by atoms with Gasteiger partial charge in [-0.05, 0) is 18.8 Å². The fourth-order valence-electron chi connectivity index (χ4n) is 1.77. The molecule has 1 rings (SSSR count). The number of piperidine rings is 1. The van der Waals surface area contributed by atoms with Crippen LogP contribution in [0.25, 0.3) is 0 Å². The van der Waals surface area contributed by atoms with Gasteiger partial charge in [0.2, 0.25) is 0 Å². The van der Waals surface area contributed by atoms with Crippen LogP contribution in [0.3, 0.4) is 0 Å². The normalized spacial score (nSPS) is 21.8. The molecule has 0 aromatic rings. The molecule has 1 saturated heterocycles. The van der Waals surface area contributed by atoms with Gasteiger partial charge in [-0.3, -0.25) is 4.79 Å². The number of hydrogen-bond acceptors (Lipinski definition) is 3. The summed E-state index contributed by atoms with van der Waals surface area (Å²) in [6.07, 6.45) is 1.50. The molecule has 1 aliphatic rings. The minimum absolute atomic E-state index is 0.0698. The lowest BCUT2D eigenvalue weighted by atomic mass is 9.95. The van der Waals surface area contributed by atoms with Crippen LogP contribution in [0, 0.1) is 5.92 Å². The van der Waals surface area contributed by atoms with Crippen LogP contribution in [0.2, 0.25) is 0 Å². The van der Waals surface area contributed by atoms with Gasteiger partial charge in [-0.2, -0.15) is 0 Å². The van der Waals surface area contributed by atoms with Crippen molar-refractivity contribution in [3.8, 4) is 0 Å². The number of carboxylic acids is 1. The highest BCUT2D eigenvalue weighted by Crippen LogP contribution is 2.19. The quantitative estimate of drug-likeness (QED) is 0.722. The first-order chi connectivity index (χ1) is 6.63. The zero-order valence-electron chi connectivity index (χ0n) is 8.23. The minimum atomic E-state index is -0.804. The summed E-state index contributed by atoms with van der Waals surface area (Å²) in [7, 11) is 1.34. The summed E-state index contributed by atoms with van der Waals surface area (Å²) in [4.78, 5) is 23.2. The summed E-state index contributed by atoms with van der Waals surface area (Å²) >= 11 is 0. The highest BCUT2D eigenvalue weighted by atomic mass is 16.5. The minimum Gasteiger partial charge on any atom is -0.481 e. The van der Waals surface area contributed by atoms with Gasteiger partial charge in [0.25, 0.3) is 0 Å². The van der Waals surface area contributed by atoms with Crippen molar-refractivity contribution in [1.29, 1.82) is 0 Å². The number of ether oxygens (including phenoxy) is 1. The van der Waals surface area contributed by atoms with Gasteiger partial charge in [0.15, 0.2) is 0 Å². The fourth-order valence-corrected chi connectivity index (χ4v) is 1.77. The first kappa shape index (κ1) is 10.8. The number of carbonyl (C=O) groups is 2. The van der Waals surface area contributed by atoms with E-state index in [1.807, 2.05) is 0 Å². The molecule has 5 nitrogen and oxygen atoms in total. The number of likely N-dealkylation sites (tertiary alicyclic amines) is 1. The average Bonchev–Trinajstić information content (AvgIpc) is 2.16. The molecule has 1 N–H and O–H groups in total. The van der Waals surface area contributed by atoms with Crippen LogP contribution in [0.5, 0.6) is 0 Å². The van der Waals surface area contributed by atoms with Gasteiger partial charge < -0.3 is 14.7 Å². The number of methoxy groups -OCH3 is 1. The van der Waals surface area contributed by atoms with Gasteiger partial charge in [-0.1, -0.05) is 0 Å². The molecule has 0 aliphatic carbocycles. The van der Waals surface area contributed by atoms with E-state index in [2.05, 4.69) is 4.74 Å². The third-order valence-corrected chi connectivity index (χ3v) is 2.42. The van der Waals surface area contributed by atoms with Crippen molar-refractivity contribution in [3.63, 3.8) is 0 Å². The van der Waals surface area contributed by atoms with Crippen LogP contribution >= 0.6 is 0 Å². The Kier molecular flexibility index (Phi) is 3.73. The summed E-state index contributed by atoms with van der Waals surface area (Å²) in [5, 5.41) is 8.61.